The molecule has 100 valence electrons. The summed E-state index contributed by atoms with van der Waals surface area (Å²) >= 11 is 3.43. The van der Waals surface area contributed by atoms with Crippen molar-refractivity contribution >= 4 is 15.9 Å². The number of hydrogen-bond donors (Lipinski definition) is 1. The third kappa shape index (κ3) is 3.82. The molecule has 3 heteroatoms. The summed E-state index contributed by atoms with van der Waals surface area (Å²) in [5, 5.41) is 0. The smallest absolute Gasteiger partial charge is 0.136 e. The van der Waals surface area contributed by atoms with E-state index in [1.54, 1.807) is 0 Å². The predicted octanol–water partition coefficient (Wildman–Crippen LogP) is 4.09. The Labute approximate surface area is 122 Å². The van der Waals surface area contributed by atoms with Crippen molar-refractivity contribution < 1.29 is 4.74 Å². The molecule has 2 aromatic rings. The van der Waals surface area contributed by atoms with Gasteiger partial charge < -0.3 is 10.5 Å². The highest BCUT2D eigenvalue weighted by Crippen LogP contribution is 2.23. The minimum absolute atomic E-state index is 0.111. The molecule has 0 saturated carbocycles. The average molecular weight is 320 g/mol. The van der Waals surface area contributed by atoms with E-state index in [1.807, 2.05) is 36.4 Å². The van der Waals surface area contributed by atoms with Crippen LogP contribution in [-0.2, 0) is 6.42 Å². The normalized spacial score (nSPS) is 12.2. The summed E-state index contributed by atoms with van der Waals surface area (Å²) in [6.07, 6.45) is 0.892. The van der Waals surface area contributed by atoms with Crippen molar-refractivity contribution in [2.24, 2.45) is 5.73 Å². The molecule has 0 aliphatic heterocycles. The molecule has 2 aromatic carbocycles. The van der Waals surface area contributed by atoms with E-state index in [0.29, 0.717) is 6.54 Å². The molecule has 2 rings (SSSR count). The van der Waals surface area contributed by atoms with Gasteiger partial charge in [-0.25, -0.2) is 0 Å². The van der Waals surface area contributed by atoms with E-state index >= 15 is 0 Å². The molecule has 0 bridgehead atoms. The maximum Gasteiger partial charge on any atom is 0.136 e. The molecule has 1 atom stereocenters. The number of halogens is 1. The maximum absolute atomic E-state index is 5.99. The molecule has 19 heavy (non-hydrogen) atoms. The Morgan fingerprint density at radius 1 is 1.16 bits per heavy atom. The van der Waals surface area contributed by atoms with Crippen LogP contribution in [0.15, 0.2) is 53.0 Å². The quantitative estimate of drug-likeness (QED) is 0.900. The van der Waals surface area contributed by atoms with Gasteiger partial charge in [-0.05, 0) is 41.8 Å². The summed E-state index contributed by atoms with van der Waals surface area (Å²) in [6, 6.07) is 16.2. The Bertz CT molecular complexity index is 525. The fourth-order valence-corrected chi connectivity index (χ4v) is 2.20. The van der Waals surface area contributed by atoms with E-state index in [0.717, 1.165) is 22.2 Å². The largest absolute Gasteiger partial charge is 0.484 e. The highest BCUT2D eigenvalue weighted by atomic mass is 79.9. The van der Waals surface area contributed by atoms with E-state index in [9.17, 15) is 0 Å². The summed E-state index contributed by atoms with van der Waals surface area (Å²) in [6.45, 7) is 2.59. The second kappa shape index (κ2) is 6.73. The third-order valence-electron chi connectivity index (χ3n) is 3.04. The maximum atomic E-state index is 5.99. The number of ether oxygens (including phenoxy) is 1. The van der Waals surface area contributed by atoms with Crippen LogP contribution in [0.4, 0.5) is 0 Å². The summed E-state index contributed by atoms with van der Waals surface area (Å²) in [5.74, 6) is 0.873. The summed E-state index contributed by atoms with van der Waals surface area (Å²) in [4.78, 5) is 0. The zero-order valence-electron chi connectivity index (χ0n) is 11.0. The number of benzene rings is 2. The van der Waals surface area contributed by atoms with Crippen LogP contribution in [0, 0.1) is 0 Å². The van der Waals surface area contributed by atoms with Crippen LogP contribution in [0.25, 0.3) is 0 Å². The van der Waals surface area contributed by atoms with Gasteiger partial charge in [0.05, 0.1) is 0 Å². The number of hydrogen-bond acceptors (Lipinski definition) is 2. The first-order valence-corrected chi connectivity index (χ1v) is 7.23. The molecule has 0 fully saturated rings. The molecule has 0 spiro atoms. The van der Waals surface area contributed by atoms with Crippen molar-refractivity contribution in [3.63, 3.8) is 0 Å². The number of aryl methyl sites for hydroxylation is 1. The molecule has 0 aromatic heterocycles. The molecule has 0 amide bonds. The molecular formula is C16H18BrNO. The molecule has 0 heterocycles. The molecular weight excluding hydrogens is 302 g/mol. The van der Waals surface area contributed by atoms with Crippen molar-refractivity contribution in [3.05, 3.63) is 64.1 Å². The minimum Gasteiger partial charge on any atom is -0.484 e. The molecule has 0 radical (unpaired) electrons. The monoisotopic (exact) mass is 319 g/mol. The Kier molecular flexibility index (Phi) is 5.00. The number of nitrogens with two attached hydrogens (primary N) is 1. The van der Waals surface area contributed by atoms with Gasteiger partial charge in [0, 0.05) is 11.0 Å². The average Bonchev–Trinajstić information content (AvgIpc) is 2.46. The van der Waals surface area contributed by atoms with Crippen molar-refractivity contribution in [3.8, 4) is 5.75 Å². The van der Waals surface area contributed by atoms with Crippen molar-refractivity contribution in [2.45, 2.75) is 19.4 Å². The van der Waals surface area contributed by atoms with Crippen molar-refractivity contribution in [1.82, 2.24) is 0 Å². The van der Waals surface area contributed by atoms with E-state index < -0.39 is 0 Å². The molecule has 0 aliphatic rings. The standard InChI is InChI=1S/C16H18BrNO/c1-2-12-4-3-5-15(10-12)19-16(11-18)13-6-8-14(17)9-7-13/h3-10,16H,2,11,18H2,1H3. The van der Waals surface area contributed by atoms with Crippen LogP contribution in [0.1, 0.15) is 24.2 Å². The SMILES string of the molecule is CCc1cccc(OC(CN)c2ccc(Br)cc2)c1. The lowest BCUT2D eigenvalue weighted by Crippen LogP contribution is -2.18. The van der Waals surface area contributed by atoms with Crippen LogP contribution < -0.4 is 10.5 Å². The minimum atomic E-state index is -0.111. The lowest BCUT2D eigenvalue weighted by molar-refractivity contribution is 0.214. The third-order valence-corrected chi connectivity index (χ3v) is 3.57. The van der Waals surface area contributed by atoms with Gasteiger partial charge in [0.25, 0.3) is 0 Å². The van der Waals surface area contributed by atoms with Gasteiger partial charge in [0.2, 0.25) is 0 Å². The fraction of sp³-hybridized carbons (Fsp3) is 0.250. The van der Waals surface area contributed by atoms with Crippen LogP contribution in [0.2, 0.25) is 0 Å². The highest BCUT2D eigenvalue weighted by Gasteiger charge is 2.11. The molecule has 1 unspecified atom stereocenters. The van der Waals surface area contributed by atoms with Crippen LogP contribution in [0.3, 0.4) is 0 Å². The Morgan fingerprint density at radius 3 is 2.53 bits per heavy atom. The predicted molar refractivity (Wildman–Crippen MR) is 82.4 cm³/mol. The zero-order chi connectivity index (χ0) is 13.7. The Balaban J connectivity index is 2.16. The van der Waals surface area contributed by atoms with E-state index in [4.69, 9.17) is 10.5 Å². The van der Waals surface area contributed by atoms with Gasteiger partial charge in [-0.1, -0.05) is 47.1 Å². The van der Waals surface area contributed by atoms with Crippen molar-refractivity contribution in [1.29, 1.82) is 0 Å². The van der Waals surface area contributed by atoms with Gasteiger partial charge in [-0.2, -0.15) is 0 Å². The lowest BCUT2D eigenvalue weighted by Gasteiger charge is -2.18. The van der Waals surface area contributed by atoms with Gasteiger partial charge in [-0.15, -0.1) is 0 Å². The molecule has 0 saturated heterocycles. The highest BCUT2D eigenvalue weighted by molar-refractivity contribution is 9.10. The van der Waals surface area contributed by atoms with Crippen molar-refractivity contribution in [2.75, 3.05) is 6.54 Å². The Morgan fingerprint density at radius 2 is 1.89 bits per heavy atom. The first-order valence-electron chi connectivity index (χ1n) is 6.44. The van der Waals surface area contributed by atoms with Gasteiger partial charge >= 0.3 is 0 Å². The van der Waals surface area contributed by atoms with Crippen LogP contribution in [-0.4, -0.2) is 6.54 Å². The lowest BCUT2D eigenvalue weighted by atomic mass is 10.1. The van der Waals surface area contributed by atoms with Gasteiger partial charge in [0.15, 0.2) is 0 Å². The van der Waals surface area contributed by atoms with Gasteiger partial charge in [-0.3, -0.25) is 0 Å². The fourth-order valence-electron chi connectivity index (χ4n) is 1.93. The molecule has 2 nitrogen and oxygen atoms in total. The summed E-state index contributed by atoms with van der Waals surface area (Å²) < 4.78 is 7.05. The van der Waals surface area contributed by atoms with Crippen LogP contribution in [0.5, 0.6) is 5.75 Å². The zero-order valence-corrected chi connectivity index (χ0v) is 12.6. The second-order valence-electron chi connectivity index (χ2n) is 4.39. The van der Waals surface area contributed by atoms with E-state index in [-0.39, 0.29) is 6.10 Å². The number of rotatable bonds is 5. The Hall–Kier alpha value is -1.32. The summed E-state index contributed by atoms with van der Waals surface area (Å²) in [7, 11) is 0. The first-order chi connectivity index (χ1) is 9.22. The van der Waals surface area contributed by atoms with Crippen LogP contribution >= 0.6 is 15.9 Å². The topological polar surface area (TPSA) is 35.2 Å². The summed E-state index contributed by atoms with van der Waals surface area (Å²) in [5.41, 5.74) is 8.18. The molecule has 2 N–H and O–H groups in total. The van der Waals surface area contributed by atoms with E-state index in [1.165, 1.54) is 5.56 Å². The second-order valence-corrected chi connectivity index (χ2v) is 5.31. The van der Waals surface area contributed by atoms with Gasteiger partial charge in [0.1, 0.15) is 11.9 Å². The van der Waals surface area contributed by atoms with E-state index in [2.05, 4.69) is 35.0 Å². The first kappa shape index (κ1) is 14.1. The molecule has 0 aliphatic carbocycles.